The Hall–Kier alpha value is -4.26. The van der Waals surface area contributed by atoms with Gasteiger partial charge in [-0.1, -0.05) is 42.5 Å². The number of rotatable bonds is 2. The molecule has 1 atom stereocenters. The van der Waals surface area contributed by atoms with Crippen molar-refractivity contribution in [2.45, 2.75) is 12.3 Å². The van der Waals surface area contributed by atoms with Crippen LogP contribution < -0.4 is 10.2 Å². The van der Waals surface area contributed by atoms with Crippen molar-refractivity contribution in [3.05, 3.63) is 82.0 Å². The largest absolute Gasteiger partial charge is 0.508 e. The molecule has 5 rings (SSSR count). The summed E-state index contributed by atoms with van der Waals surface area (Å²) in [4.78, 5) is 25.2. The van der Waals surface area contributed by atoms with Crippen LogP contribution in [0.2, 0.25) is 0 Å². The van der Waals surface area contributed by atoms with E-state index in [1.165, 1.54) is 18.2 Å². The van der Waals surface area contributed by atoms with Crippen molar-refractivity contribution in [3.8, 4) is 34.3 Å². The van der Waals surface area contributed by atoms with E-state index in [2.05, 4.69) is 0 Å². The van der Waals surface area contributed by atoms with E-state index in [-0.39, 0.29) is 40.2 Å². The zero-order valence-electron chi connectivity index (χ0n) is 16.0. The molecule has 0 amide bonds. The lowest BCUT2D eigenvalue weighted by atomic mass is 9.84. The number of ether oxygens (including phenoxy) is 1. The Balaban J connectivity index is 1.87. The van der Waals surface area contributed by atoms with Gasteiger partial charge in [-0.05, 0) is 17.7 Å². The van der Waals surface area contributed by atoms with Crippen LogP contribution in [0.15, 0.2) is 69.9 Å². The summed E-state index contributed by atoms with van der Waals surface area (Å²) in [6.45, 7) is 0. The zero-order chi connectivity index (χ0) is 21.7. The van der Waals surface area contributed by atoms with Gasteiger partial charge in [0.1, 0.15) is 22.5 Å². The highest BCUT2D eigenvalue weighted by molar-refractivity contribution is 5.96. The maximum atomic E-state index is 12.9. The smallest absolute Gasteiger partial charge is 0.312 e. The second kappa shape index (κ2) is 6.91. The van der Waals surface area contributed by atoms with Crippen molar-refractivity contribution in [1.82, 2.24) is 0 Å². The first-order valence-corrected chi connectivity index (χ1v) is 9.54. The van der Waals surface area contributed by atoms with Crippen molar-refractivity contribution >= 4 is 16.9 Å². The Morgan fingerprint density at radius 1 is 0.871 bits per heavy atom. The summed E-state index contributed by atoms with van der Waals surface area (Å²) in [5.41, 5.74) is 1.07. The molecular weight excluding hydrogens is 400 g/mol. The molecule has 3 aromatic carbocycles. The van der Waals surface area contributed by atoms with Crippen molar-refractivity contribution < 1.29 is 29.3 Å². The lowest BCUT2D eigenvalue weighted by molar-refractivity contribution is -0.135. The number of aromatic hydroxyl groups is 3. The van der Waals surface area contributed by atoms with Gasteiger partial charge in [0.15, 0.2) is 16.9 Å². The molecule has 1 aliphatic heterocycles. The summed E-state index contributed by atoms with van der Waals surface area (Å²) < 4.78 is 11.3. The van der Waals surface area contributed by atoms with E-state index >= 15 is 0 Å². The molecule has 0 radical (unpaired) electrons. The highest BCUT2D eigenvalue weighted by atomic mass is 16.5. The molecule has 154 valence electrons. The second-order valence-corrected chi connectivity index (χ2v) is 7.31. The van der Waals surface area contributed by atoms with Crippen LogP contribution in [-0.4, -0.2) is 21.3 Å². The summed E-state index contributed by atoms with van der Waals surface area (Å²) in [5, 5.41) is 30.5. The van der Waals surface area contributed by atoms with Crippen LogP contribution in [0.4, 0.5) is 0 Å². The molecule has 1 aliphatic rings. The van der Waals surface area contributed by atoms with E-state index in [0.717, 1.165) is 0 Å². The lowest BCUT2D eigenvalue weighted by Crippen LogP contribution is -2.22. The minimum atomic E-state index is -0.707. The number of fused-ring (bicyclic) bond motifs is 3. The van der Waals surface area contributed by atoms with Crippen LogP contribution in [0.25, 0.3) is 22.3 Å². The molecule has 0 spiro atoms. The quantitative estimate of drug-likeness (QED) is 0.257. The SMILES string of the molecule is O=C1C[C@H](c2ccc(O)cc2)c2c(c(O)c(O)c3c(=O)cc(-c4ccccc4)oc23)O1. The predicted molar refractivity (Wildman–Crippen MR) is 111 cm³/mol. The molecule has 0 unspecified atom stereocenters. The highest BCUT2D eigenvalue weighted by Gasteiger charge is 2.36. The summed E-state index contributed by atoms with van der Waals surface area (Å²) in [5.74, 6) is -2.56. The average molecular weight is 416 g/mol. The standard InChI is InChI=1S/C24H16O7/c25-14-8-6-12(7-9-14)15-10-18(27)31-24-19(15)23-20(21(28)22(24)29)16(26)11-17(30-23)13-4-2-1-3-5-13/h1-9,11,15,25,28-29H,10H2/t15-/m1/s1. The van der Waals surface area contributed by atoms with E-state index in [1.54, 1.807) is 36.4 Å². The molecule has 7 heteroatoms. The van der Waals surface area contributed by atoms with Crippen LogP contribution in [0.1, 0.15) is 23.5 Å². The summed E-state index contributed by atoms with van der Waals surface area (Å²) in [7, 11) is 0. The van der Waals surface area contributed by atoms with Crippen molar-refractivity contribution in [1.29, 1.82) is 0 Å². The van der Waals surface area contributed by atoms with E-state index in [4.69, 9.17) is 9.15 Å². The lowest BCUT2D eigenvalue weighted by Gasteiger charge is -2.26. The fraction of sp³-hybridized carbons (Fsp3) is 0.0833. The number of carbonyl (C=O) groups excluding carboxylic acids is 1. The Bertz CT molecular complexity index is 1390. The molecule has 2 heterocycles. The van der Waals surface area contributed by atoms with E-state index in [1.807, 2.05) is 6.07 Å². The topological polar surface area (TPSA) is 117 Å². The molecule has 31 heavy (non-hydrogen) atoms. The van der Waals surface area contributed by atoms with E-state index in [0.29, 0.717) is 11.1 Å². The van der Waals surface area contributed by atoms with Crippen molar-refractivity contribution in [2.75, 3.05) is 0 Å². The van der Waals surface area contributed by atoms with Gasteiger partial charge in [0.2, 0.25) is 5.75 Å². The van der Waals surface area contributed by atoms with Gasteiger partial charge in [-0.2, -0.15) is 0 Å². The van der Waals surface area contributed by atoms with Gasteiger partial charge >= 0.3 is 5.97 Å². The number of hydrogen-bond acceptors (Lipinski definition) is 7. The molecule has 0 aliphatic carbocycles. The third-order valence-electron chi connectivity index (χ3n) is 5.40. The Kier molecular flexibility index (Phi) is 4.18. The molecule has 3 N–H and O–H groups in total. The summed E-state index contributed by atoms with van der Waals surface area (Å²) in [6, 6.07) is 16.4. The Morgan fingerprint density at radius 3 is 2.29 bits per heavy atom. The van der Waals surface area contributed by atoms with Gasteiger partial charge in [0.05, 0.1) is 12.0 Å². The first kappa shape index (κ1) is 18.7. The maximum Gasteiger partial charge on any atom is 0.312 e. The fourth-order valence-electron chi connectivity index (χ4n) is 3.94. The highest BCUT2D eigenvalue weighted by Crippen LogP contribution is 2.52. The zero-order valence-corrected chi connectivity index (χ0v) is 16.0. The van der Waals surface area contributed by atoms with Crippen molar-refractivity contribution in [3.63, 3.8) is 0 Å². The van der Waals surface area contributed by atoms with E-state index in [9.17, 15) is 24.9 Å². The molecule has 7 nitrogen and oxygen atoms in total. The number of carbonyl (C=O) groups is 1. The minimum absolute atomic E-state index is 0.0298. The van der Waals surface area contributed by atoms with Crippen LogP contribution in [0.5, 0.6) is 23.0 Å². The predicted octanol–water partition coefficient (Wildman–Crippen LogP) is 4.02. The molecule has 4 aromatic rings. The van der Waals surface area contributed by atoms with Crippen LogP contribution in [0, 0.1) is 0 Å². The van der Waals surface area contributed by atoms with Crippen molar-refractivity contribution in [2.24, 2.45) is 0 Å². The number of esters is 1. The van der Waals surface area contributed by atoms with Gasteiger partial charge in [0, 0.05) is 17.5 Å². The van der Waals surface area contributed by atoms with Gasteiger partial charge in [-0.15, -0.1) is 0 Å². The third kappa shape index (κ3) is 2.98. The Labute approximate surface area is 175 Å². The fourth-order valence-corrected chi connectivity index (χ4v) is 3.94. The Morgan fingerprint density at radius 2 is 1.58 bits per heavy atom. The van der Waals surface area contributed by atoms with Gasteiger partial charge < -0.3 is 24.5 Å². The third-order valence-corrected chi connectivity index (χ3v) is 5.40. The van der Waals surface area contributed by atoms with Crippen LogP contribution >= 0.6 is 0 Å². The average Bonchev–Trinajstić information content (AvgIpc) is 2.77. The monoisotopic (exact) mass is 416 g/mol. The van der Waals surface area contributed by atoms with Gasteiger partial charge in [-0.3, -0.25) is 9.59 Å². The van der Waals surface area contributed by atoms with Gasteiger partial charge in [-0.25, -0.2) is 0 Å². The van der Waals surface area contributed by atoms with E-state index < -0.39 is 28.8 Å². The normalized spacial score (nSPS) is 15.5. The molecule has 0 saturated heterocycles. The number of phenolic OH excluding ortho intramolecular Hbond substituents is 3. The molecule has 0 bridgehead atoms. The molecular formula is C24H16O7. The van der Waals surface area contributed by atoms with Crippen LogP contribution in [-0.2, 0) is 4.79 Å². The van der Waals surface area contributed by atoms with Gasteiger partial charge in [0.25, 0.3) is 0 Å². The molecule has 0 fully saturated rings. The number of benzene rings is 3. The molecule has 0 saturated carbocycles. The first-order chi connectivity index (χ1) is 14.9. The first-order valence-electron chi connectivity index (χ1n) is 9.54. The van der Waals surface area contributed by atoms with Crippen LogP contribution in [0.3, 0.4) is 0 Å². The second-order valence-electron chi connectivity index (χ2n) is 7.31. The maximum absolute atomic E-state index is 12.9. The molecule has 1 aromatic heterocycles. The number of hydrogen-bond donors (Lipinski definition) is 3. The summed E-state index contributed by atoms with van der Waals surface area (Å²) in [6.07, 6.45) is -0.0731. The number of phenols is 3. The minimum Gasteiger partial charge on any atom is -0.508 e. The summed E-state index contributed by atoms with van der Waals surface area (Å²) >= 11 is 0.